The molecule has 0 aliphatic carbocycles. The largest absolute Gasteiger partial charge is 0.405 e. The third kappa shape index (κ3) is 7.54. The summed E-state index contributed by atoms with van der Waals surface area (Å²) < 4.78 is 22.2. The minimum Gasteiger partial charge on any atom is -0.297 e. The SMILES string of the molecule is C#CCN(CC)CCNP(=O)(OCC)OCC. The van der Waals surface area contributed by atoms with Crippen molar-refractivity contribution in [2.24, 2.45) is 0 Å². The lowest BCUT2D eigenvalue weighted by Gasteiger charge is -2.21. The molecule has 0 saturated heterocycles. The van der Waals surface area contributed by atoms with E-state index >= 15 is 0 Å². The number of nitrogens with zero attached hydrogens (tertiary/aromatic N) is 1. The minimum absolute atomic E-state index is 0.353. The van der Waals surface area contributed by atoms with Crippen LogP contribution >= 0.6 is 7.75 Å². The van der Waals surface area contributed by atoms with Gasteiger partial charge in [-0.2, -0.15) is 0 Å². The molecule has 0 saturated carbocycles. The lowest BCUT2D eigenvalue weighted by molar-refractivity contribution is 0.208. The maximum absolute atomic E-state index is 12.0. The van der Waals surface area contributed by atoms with Gasteiger partial charge in [0.15, 0.2) is 0 Å². The highest BCUT2D eigenvalue weighted by Gasteiger charge is 2.22. The van der Waals surface area contributed by atoms with Crippen LogP contribution in [-0.4, -0.2) is 44.3 Å². The van der Waals surface area contributed by atoms with Gasteiger partial charge in [-0.1, -0.05) is 12.8 Å². The van der Waals surface area contributed by atoms with Gasteiger partial charge in [0, 0.05) is 13.1 Å². The molecule has 0 aromatic heterocycles. The fourth-order valence-corrected chi connectivity index (χ4v) is 2.60. The fourth-order valence-electron chi connectivity index (χ4n) is 1.29. The Morgan fingerprint density at radius 3 is 2.29 bits per heavy atom. The first kappa shape index (κ1) is 16.6. The van der Waals surface area contributed by atoms with Crippen LogP contribution in [-0.2, 0) is 13.6 Å². The highest BCUT2D eigenvalue weighted by molar-refractivity contribution is 7.51. The van der Waals surface area contributed by atoms with Crippen LogP contribution < -0.4 is 5.09 Å². The molecule has 17 heavy (non-hydrogen) atoms. The van der Waals surface area contributed by atoms with E-state index in [4.69, 9.17) is 15.5 Å². The molecule has 0 spiro atoms. The summed E-state index contributed by atoms with van der Waals surface area (Å²) in [7, 11) is -3.13. The first-order valence-electron chi connectivity index (χ1n) is 5.91. The van der Waals surface area contributed by atoms with E-state index in [0.29, 0.717) is 32.8 Å². The second kappa shape index (κ2) is 9.64. The molecule has 100 valence electrons. The molecule has 0 bridgehead atoms. The first-order chi connectivity index (χ1) is 8.11. The maximum atomic E-state index is 12.0. The smallest absolute Gasteiger partial charge is 0.297 e. The van der Waals surface area contributed by atoms with Crippen molar-refractivity contribution in [1.29, 1.82) is 0 Å². The molecular weight excluding hydrogens is 239 g/mol. The van der Waals surface area contributed by atoms with Crippen molar-refractivity contribution in [1.82, 2.24) is 9.99 Å². The molecule has 0 atom stereocenters. The van der Waals surface area contributed by atoms with Gasteiger partial charge < -0.3 is 0 Å². The summed E-state index contributed by atoms with van der Waals surface area (Å²) in [6.07, 6.45) is 5.24. The molecule has 1 N–H and O–H groups in total. The fraction of sp³-hybridized carbons (Fsp3) is 0.818. The topological polar surface area (TPSA) is 50.8 Å². The average molecular weight is 262 g/mol. The van der Waals surface area contributed by atoms with Crippen molar-refractivity contribution in [3.05, 3.63) is 0 Å². The van der Waals surface area contributed by atoms with Gasteiger partial charge in [-0.15, -0.1) is 6.42 Å². The predicted molar refractivity (Wildman–Crippen MR) is 69.8 cm³/mol. The first-order valence-corrected chi connectivity index (χ1v) is 7.46. The third-order valence-corrected chi connectivity index (χ3v) is 3.90. The summed E-state index contributed by atoms with van der Waals surface area (Å²) in [5.74, 6) is 2.58. The van der Waals surface area contributed by atoms with E-state index in [9.17, 15) is 4.57 Å². The van der Waals surface area contributed by atoms with Crippen LogP contribution in [0.5, 0.6) is 0 Å². The molecule has 6 heteroatoms. The minimum atomic E-state index is -3.13. The monoisotopic (exact) mass is 262 g/mol. The van der Waals surface area contributed by atoms with Crippen molar-refractivity contribution in [3.63, 3.8) is 0 Å². The Morgan fingerprint density at radius 1 is 1.29 bits per heavy atom. The second-order valence-corrected chi connectivity index (χ2v) is 5.14. The Balaban J connectivity index is 4.05. The normalized spacial score (nSPS) is 11.7. The summed E-state index contributed by atoms with van der Waals surface area (Å²) in [4.78, 5) is 2.06. The van der Waals surface area contributed by atoms with Crippen LogP contribution in [0.2, 0.25) is 0 Å². The zero-order chi connectivity index (χ0) is 13.1. The molecule has 0 rings (SSSR count). The second-order valence-electron chi connectivity index (χ2n) is 3.31. The highest BCUT2D eigenvalue weighted by atomic mass is 31.2. The van der Waals surface area contributed by atoms with E-state index < -0.39 is 7.75 Å². The van der Waals surface area contributed by atoms with Gasteiger partial charge >= 0.3 is 7.75 Å². The maximum Gasteiger partial charge on any atom is 0.405 e. The molecule has 0 aromatic carbocycles. The van der Waals surface area contributed by atoms with Gasteiger partial charge in [0.05, 0.1) is 19.8 Å². The Hall–Kier alpha value is -0.370. The van der Waals surface area contributed by atoms with Gasteiger partial charge in [0.1, 0.15) is 0 Å². The Morgan fingerprint density at radius 2 is 1.88 bits per heavy atom. The molecule has 0 radical (unpaired) electrons. The van der Waals surface area contributed by atoms with Crippen LogP contribution in [0.4, 0.5) is 0 Å². The Kier molecular flexibility index (Phi) is 9.43. The lowest BCUT2D eigenvalue weighted by atomic mass is 10.4. The van der Waals surface area contributed by atoms with Gasteiger partial charge in [-0.05, 0) is 20.4 Å². The summed E-state index contributed by atoms with van der Waals surface area (Å²) in [5.41, 5.74) is 0. The van der Waals surface area contributed by atoms with Crippen LogP contribution in [0.1, 0.15) is 20.8 Å². The molecule has 0 aromatic rings. The van der Waals surface area contributed by atoms with Crippen molar-refractivity contribution in [2.75, 3.05) is 39.4 Å². The van der Waals surface area contributed by atoms with Gasteiger partial charge in [0.2, 0.25) is 0 Å². The number of nitrogens with one attached hydrogen (secondary N) is 1. The van der Waals surface area contributed by atoms with Crippen LogP contribution in [0.3, 0.4) is 0 Å². The summed E-state index contributed by atoms with van der Waals surface area (Å²) >= 11 is 0. The predicted octanol–water partition coefficient (Wildman–Crippen LogP) is 1.71. The van der Waals surface area contributed by atoms with Gasteiger partial charge in [-0.3, -0.25) is 13.9 Å². The molecule has 0 unspecified atom stereocenters. The zero-order valence-corrected chi connectivity index (χ0v) is 11.8. The molecule has 5 nitrogen and oxygen atoms in total. The molecule has 0 heterocycles. The van der Waals surface area contributed by atoms with Gasteiger partial charge in [0.25, 0.3) is 0 Å². The highest BCUT2D eigenvalue weighted by Crippen LogP contribution is 2.42. The van der Waals surface area contributed by atoms with E-state index in [-0.39, 0.29) is 0 Å². The number of likely N-dealkylation sites (N-methyl/N-ethyl adjacent to an activating group) is 1. The van der Waals surface area contributed by atoms with Crippen LogP contribution in [0, 0.1) is 12.3 Å². The van der Waals surface area contributed by atoms with E-state index in [0.717, 1.165) is 6.54 Å². The van der Waals surface area contributed by atoms with Crippen molar-refractivity contribution >= 4 is 7.75 Å². The van der Waals surface area contributed by atoms with E-state index in [1.807, 2.05) is 6.92 Å². The quantitative estimate of drug-likeness (QED) is 0.480. The summed E-state index contributed by atoms with van der Waals surface area (Å²) in [5, 5.41) is 2.82. The van der Waals surface area contributed by atoms with E-state index in [1.165, 1.54) is 0 Å². The molecular formula is C11H23N2O3P. The summed E-state index contributed by atoms with van der Waals surface area (Å²) in [6.45, 7) is 8.98. The third-order valence-electron chi connectivity index (χ3n) is 2.09. The van der Waals surface area contributed by atoms with Crippen LogP contribution in [0.15, 0.2) is 0 Å². The number of hydrogen-bond acceptors (Lipinski definition) is 4. The van der Waals surface area contributed by atoms with Crippen LogP contribution in [0.25, 0.3) is 0 Å². The zero-order valence-electron chi connectivity index (χ0n) is 10.9. The van der Waals surface area contributed by atoms with E-state index in [1.54, 1.807) is 13.8 Å². The molecule has 0 fully saturated rings. The Labute approximate surface area is 104 Å². The Bertz CT molecular complexity index is 268. The number of hydrogen-bond donors (Lipinski definition) is 1. The van der Waals surface area contributed by atoms with Crippen molar-refractivity contribution in [3.8, 4) is 12.3 Å². The number of rotatable bonds is 10. The van der Waals surface area contributed by atoms with E-state index in [2.05, 4.69) is 15.9 Å². The van der Waals surface area contributed by atoms with Gasteiger partial charge in [-0.25, -0.2) is 9.65 Å². The van der Waals surface area contributed by atoms with Crippen molar-refractivity contribution < 1.29 is 13.6 Å². The number of terminal acetylenes is 1. The standard InChI is InChI=1S/C11H23N2O3P/c1-5-10-13(6-2)11-9-12-17(14,15-7-3)16-8-4/h1H,6-11H2,2-4H3,(H,12,14). The van der Waals surface area contributed by atoms with Crippen molar-refractivity contribution in [2.45, 2.75) is 20.8 Å². The molecule has 0 amide bonds. The average Bonchev–Trinajstić information content (AvgIpc) is 2.28. The molecule has 0 aliphatic rings. The summed E-state index contributed by atoms with van der Waals surface area (Å²) in [6, 6.07) is 0. The molecule has 0 aliphatic heterocycles. The lowest BCUT2D eigenvalue weighted by Crippen LogP contribution is -2.32.